The highest BCUT2D eigenvalue weighted by molar-refractivity contribution is 9.10. The molecule has 7 heteroatoms. The fourth-order valence-corrected chi connectivity index (χ4v) is 1.49. The van der Waals surface area contributed by atoms with Gasteiger partial charge in [0.05, 0.1) is 17.7 Å². The second kappa shape index (κ2) is 5.50. The topological polar surface area (TPSA) is 38.3 Å². The van der Waals surface area contributed by atoms with Crippen LogP contribution in [-0.4, -0.2) is 12.5 Å². The van der Waals surface area contributed by atoms with E-state index in [1.807, 2.05) is 5.48 Å². The normalized spacial score (nSPS) is 11.4. The van der Waals surface area contributed by atoms with Gasteiger partial charge in [0, 0.05) is 4.47 Å². The Morgan fingerprint density at radius 3 is 2.65 bits per heavy atom. The smallest absolute Gasteiger partial charge is 0.274 e. The second-order valence-corrected chi connectivity index (χ2v) is 3.91. The largest absolute Gasteiger partial charge is 0.416 e. The maximum Gasteiger partial charge on any atom is 0.416 e. The van der Waals surface area contributed by atoms with Crippen molar-refractivity contribution in [3.05, 3.63) is 33.8 Å². The Bertz CT molecular complexity index is 421. The highest BCUT2D eigenvalue weighted by atomic mass is 79.9. The average Bonchev–Trinajstić information content (AvgIpc) is 2.24. The minimum Gasteiger partial charge on any atom is -0.274 e. The maximum absolute atomic E-state index is 12.4. The van der Waals surface area contributed by atoms with Crippen LogP contribution in [0.15, 0.2) is 22.7 Å². The van der Waals surface area contributed by atoms with Crippen LogP contribution >= 0.6 is 15.9 Å². The summed E-state index contributed by atoms with van der Waals surface area (Å²) < 4.78 is 37.6. The van der Waals surface area contributed by atoms with Gasteiger partial charge in [-0.05, 0) is 41.1 Å². The fourth-order valence-electron chi connectivity index (χ4n) is 1.07. The Morgan fingerprint density at radius 2 is 2.12 bits per heavy atom. The number of rotatable bonds is 3. The molecule has 1 aromatic rings. The van der Waals surface area contributed by atoms with Crippen LogP contribution in [0.2, 0.25) is 0 Å². The average molecular weight is 312 g/mol. The number of nitrogens with one attached hydrogen (secondary N) is 1. The molecule has 0 aliphatic rings. The molecule has 0 saturated heterocycles. The molecular weight excluding hydrogens is 303 g/mol. The van der Waals surface area contributed by atoms with Crippen molar-refractivity contribution in [3.8, 4) is 0 Å². The van der Waals surface area contributed by atoms with Crippen LogP contribution in [0.3, 0.4) is 0 Å². The molecule has 17 heavy (non-hydrogen) atoms. The van der Waals surface area contributed by atoms with E-state index in [9.17, 15) is 18.0 Å². The molecule has 94 valence electrons. The maximum atomic E-state index is 12.4. The van der Waals surface area contributed by atoms with Crippen LogP contribution < -0.4 is 5.48 Å². The monoisotopic (exact) mass is 311 g/mol. The molecule has 0 spiro atoms. The van der Waals surface area contributed by atoms with Gasteiger partial charge < -0.3 is 0 Å². The molecule has 1 amide bonds. The first-order chi connectivity index (χ1) is 7.86. The minimum absolute atomic E-state index is 0.131. The van der Waals surface area contributed by atoms with Gasteiger partial charge in [0.25, 0.3) is 5.91 Å². The summed E-state index contributed by atoms with van der Waals surface area (Å²) in [5.41, 5.74) is 1.01. The van der Waals surface area contributed by atoms with Crippen molar-refractivity contribution >= 4 is 21.8 Å². The number of halogens is 4. The number of alkyl halides is 3. The van der Waals surface area contributed by atoms with Gasteiger partial charge in [-0.25, -0.2) is 5.48 Å². The third kappa shape index (κ3) is 3.71. The van der Waals surface area contributed by atoms with Gasteiger partial charge in [0.15, 0.2) is 0 Å². The van der Waals surface area contributed by atoms with Crippen molar-refractivity contribution in [1.29, 1.82) is 0 Å². The second-order valence-electron chi connectivity index (χ2n) is 3.06. The van der Waals surface area contributed by atoms with Crippen molar-refractivity contribution in [3.63, 3.8) is 0 Å². The van der Waals surface area contributed by atoms with E-state index in [1.165, 1.54) is 6.07 Å². The first kappa shape index (κ1) is 14.0. The van der Waals surface area contributed by atoms with Gasteiger partial charge in [0.2, 0.25) is 0 Å². The van der Waals surface area contributed by atoms with Crippen LogP contribution in [0.4, 0.5) is 13.2 Å². The molecular formula is C10H9BrF3NO2. The van der Waals surface area contributed by atoms with Gasteiger partial charge >= 0.3 is 6.18 Å². The zero-order chi connectivity index (χ0) is 13.1. The van der Waals surface area contributed by atoms with Crippen LogP contribution in [0.1, 0.15) is 22.8 Å². The molecule has 0 aliphatic heterocycles. The summed E-state index contributed by atoms with van der Waals surface area (Å²) >= 11 is 3.01. The van der Waals surface area contributed by atoms with Crippen molar-refractivity contribution in [2.24, 2.45) is 0 Å². The Hall–Kier alpha value is -1.08. The lowest BCUT2D eigenvalue weighted by Crippen LogP contribution is -2.24. The Morgan fingerprint density at radius 1 is 1.47 bits per heavy atom. The number of amides is 1. The van der Waals surface area contributed by atoms with Gasteiger partial charge in [-0.1, -0.05) is 0 Å². The summed E-state index contributed by atoms with van der Waals surface area (Å²) in [6.45, 7) is 1.86. The summed E-state index contributed by atoms with van der Waals surface area (Å²) in [5, 5.41) is 0. The highest BCUT2D eigenvalue weighted by Crippen LogP contribution is 2.31. The van der Waals surface area contributed by atoms with E-state index in [0.717, 1.165) is 12.1 Å². The van der Waals surface area contributed by atoms with Crippen LogP contribution in [0.25, 0.3) is 0 Å². The van der Waals surface area contributed by atoms with E-state index in [1.54, 1.807) is 6.92 Å². The van der Waals surface area contributed by atoms with E-state index in [4.69, 9.17) is 0 Å². The molecule has 1 N–H and O–H groups in total. The molecule has 0 heterocycles. The lowest BCUT2D eigenvalue weighted by Gasteiger charge is -2.10. The van der Waals surface area contributed by atoms with Gasteiger partial charge in [0.1, 0.15) is 0 Å². The van der Waals surface area contributed by atoms with E-state index in [2.05, 4.69) is 20.8 Å². The van der Waals surface area contributed by atoms with Crippen molar-refractivity contribution < 1.29 is 22.8 Å². The number of benzene rings is 1. The zero-order valence-corrected chi connectivity index (χ0v) is 10.4. The van der Waals surface area contributed by atoms with Crippen LogP contribution in [-0.2, 0) is 11.0 Å². The molecule has 0 bridgehead atoms. The molecule has 0 aromatic heterocycles. The molecule has 1 rings (SSSR count). The predicted octanol–water partition coefficient (Wildman–Crippen LogP) is 3.15. The summed E-state index contributed by atoms with van der Waals surface area (Å²) in [4.78, 5) is 16.1. The predicted molar refractivity (Wildman–Crippen MR) is 58.2 cm³/mol. The number of hydrogen-bond acceptors (Lipinski definition) is 2. The molecule has 3 nitrogen and oxygen atoms in total. The van der Waals surface area contributed by atoms with Crippen LogP contribution in [0, 0.1) is 0 Å². The molecule has 0 atom stereocenters. The first-order valence-corrected chi connectivity index (χ1v) is 5.44. The van der Waals surface area contributed by atoms with Crippen molar-refractivity contribution in [2.45, 2.75) is 13.1 Å². The van der Waals surface area contributed by atoms with E-state index < -0.39 is 17.6 Å². The summed E-state index contributed by atoms with van der Waals surface area (Å²) in [7, 11) is 0. The minimum atomic E-state index is -4.48. The third-order valence-corrected chi connectivity index (χ3v) is 2.54. The zero-order valence-electron chi connectivity index (χ0n) is 8.77. The summed E-state index contributed by atoms with van der Waals surface area (Å²) in [5.74, 6) is -0.732. The quantitative estimate of drug-likeness (QED) is 0.871. The van der Waals surface area contributed by atoms with E-state index in [-0.39, 0.29) is 16.6 Å². The third-order valence-electron chi connectivity index (χ3n) is 1.85. The Labute approximate surface area is 104 Å². The Balaban J connectivity index is 3.02. The molecule has 0 fully saturated rings. The number of carbonyl (C=O) groups is 1. The summed E-state index contributed by atoms with van der Waals surface area (Å²) in [6.07, 6.45) is -4.48. The molecule has 1 aromatic carbocycles. The summed E-state index contributed by atoms with van der Waals surface area (Å²) in [6, 6.07) is 2.82. The highest BCUT2D eigenvalue weighted by Gasteiger charge is 2.31. The first-order valence-electron chi connectivity index (χ1n) is 4.65. The molecule has 0 unspecified atom stereocenters. The van der Waals surface area contributed by atoms with E-state index in [0.29, 0.717) is 0 Å². The Kier molecular flexibility index (Phi) is 4.53. The number of carbonyl (C=O) groups excluding carboxylic acids is 1. The van der Waals surface area contributed by atoms with Crippen LogP contribution in [0.5, 0.6) is 0 Å². The van der Waals surface area contributed by atoms with Gasteiger partial charge in [-0.3, -0.25) is 9.63 Å². The fraction of sp³-hybridized carbons (Fsp3) is 0.300. The lowest BCUT2D eigenvalue weighted by molar-refractivity contribution is -0.137. The van der Waals surface area contributed by atoms with Gasteiger partial charge in [-0.2, -0.15) is 13.2 Å². The number of hydroxylamine groups is 1. The molecule has 0 aliphatic carbocycles. The SMILES string of the molecule is CCONC(=O)c1cc(C(F)(F)F)ccc1Br. The van der Waals surface area contributed by atoms with Crippen molar-refractivity contribution in [2.75, 3.05) is 6.61 Å². The molecule has 0 saturated carbocycles. The standard InChI is InChI=1S/C10H9BrF3NO2/c1-2-17-15-9(16)7-5-6(10(12,13)14)3-4-8(7)11/h3-5H,2H2,1H3,(H,15,16). The molecule has 0 radical (unpaired) electrons. The van der Waals surface area contributed by atoms with Gasteiger partial charge in [-0.15, -0.1) is 0 Å². The van der Waals surface area contributed by atoms with E-state index >= 15 is 0 Å². The number of hydrogen-bond donors (Lipinski definition) is 1. The lowest BCUT2D eigenvalue weighted by atomic mass is 10.1. The van der Waals surface area contributed by atoms with Crippen molar-refractivity contribution in [1.82, 2.24) is 5.48 Å².